The lowest BCUT2D eigenvalue weighted by molar-refractivity contribution is -0.119. The summed E-state index contributed by atoms with van der Waals surface area (Å²) in [6.07, 6.45) is 6.52. The first-order valence-corrected chi connectivity index (χ1v) is 16.7. The fourth-order valence-electron chi connectivity index (χ4n) is 6.95. The van der Waals surface area contributed by atoms with Gasteiger partial charge in [-0.25, -0.2) is 4.39 Å². The molecule has 0 amide bonds. The molecule has 0 bridgehead atoms. The van der Waals surface area contributed by atoms with E-state index in [1.807, 2.05) is 0 Å². The van der Waals surface area contributed by atoms with Gasteiger partial charge in [-0.3, -0.25) is 9.69 Å². The second-order valence-electron chi connectivity index (χ2n) is 12.1. The number of Topliss-reactive ketones (excluding diaryl/α,β-unsaturated/α-hetero) is 1. The summed E-state index contributed by atoms with van der Waals surface area (Å²) < 4.78 is 19.8. The molecule has 0 aromatic heterocycles. The lowest BCUT2D eigenvalue weighted by atomic mass is 9.68. The number of nitrogens with zero attached hydrogens (tertiary/aromatic N) is 1. The van der Waals surface area contributed by atoms with E-state index in [9.17, 15) is 9.18 Å². The molecule has 1 unspecified atom stereocenters. The fraction of sp³-hybridized carbons (Fsp3) is 0.359. The SMILES string of the molecule is COc1cc2c(cc1Br)C(C)N(CCCC(CCCC(=O)CCc1ccc(F)cc1)(c1ccccc1)c1ccccc1)CC2.Cl. The van der Waals surface area contributed by atoms with Crippen LogP contribution in [0.25, 0.3) is 0 Å². The molecular formula is C39H44BrClFNO2. The summed E-state index contributed by atoms with van der Waals surface area (Å²) in [6.45, 7) is 4.36. The van der Waals surface area contributed by atoms with Crippen LogP contribution < -0.4 is 4.74 Å². The monoisotopic (exact) mass is 691 g/mol. The highest BCUT2D eigenvalue weighted by atomic mass is 79.9. The van der Waals surface area contributed by atoms with Gasteiger partial charge in [0.05, 0.1) is 11.6 Å². The van der Waals surface area contributed by atoms with Crippen LogP contribution in [0.2, 0.25) is 0 Å². The van der Waals surface area contributed by atoms with Gasteiger partial charge >= 0.3 is 0 Å². The molecule has 0 saturated carbocycles. The number of hydrogen-bond donors (Lipinski definition) is 0. The van der Waals surface area contributed by atoms with Crippen molar-refractivity contribution in [1.82, 2.24) is 4.90 Å². The number of hydrogen-bond acceptors (Lipinski definition) is 3. The van der Waals surface area contributed by atoms with Crippen molar-refractivity contribution in [2.45, 2.75) is 69.7 Å². The number of fused-ring (bicyclic) bond motifs is 1. The molecule has 0 saturated heterocycles. The molecule has 0 N–H and O–H groups in total. The third-order valence-electron chi connectivity index (χ3n) is 9.45. The summed E-state index contributed by atoms with van der Waals surface area (Å²) in [7, 11) is 1.72. The van der Waals surface area contributed by atoms with Gasteiger partial charge in [-0.2, -0.15) is 0 Å². The minimum atomic E-state index is -0.244. The quantitative estimate of drug-likeness (QED) is 0.132. The van der Waals surface area contributed by atoms with Crippen molar-refractivity contribution in [2.24, 2.45) is 0 Å². The molecule has 5 rings (SSSR count). The molecule has 1 aliphatic rings. The van der Waals surface area contributed by atoms with Crippen molar-refractivity contribution in [3.8, 4) is 5.75 Å². The summed E-state index contributed by atoms with van der Waals surface area (Å²) in [5.41, 5.74) is 6.22. The van der Waals surface area contributed by atoms with E-state index in [0.29, 0.717) is 25.3 Å². The summed E-state index contributed by atoms with van der Waals surface area (Å²) in [6, 6.07) is 33.0. The van der Waals surface area contributed by atoms with Crippen LogP contribution in [0, 0.1) is 5.82 Å². The van der Waals surface area contributed by atoms with E-state index in [-0.39, 0.29) is 29.4 Å². The average molecular weight is 693 g/mol. The summed E-state index contributed by atoms with van der Waals surface area (Å²) in [4.78, 5) is 15.6. The van der Waals surface area contributed by atoms with E-state index in [2.05, 4.69) is 101 Å². The molecule has 4 aromatic carbocycles. The van der Waals surface area contributed by atoms with Crippen LogP contribution >= 0.6 is 28.3 Å². The summed E-state index contributed by atoms with van der Waals surface area (Å²) >= 11 is 3.69. The Morgan fingerprint density at radius 2 is 1.53 bits per heavy atom. The number of rotatable bonds is 14. The van der Waals surface area contributed by atoms with Crippen molar-refractivity contribution in [3.05, 3.63) is 135 Å². The molecule has 0 fully saturated rings. The number of ether oxygens (including phenoxy) is 1. The topological polar surface area (TPSA) is 29.5 Å². The Morgan fingerprint density at radius 1 is 0.911 bits per heavy atom. The van der Waals surface area contributed by atoms with Crippen LogP contribution in [0.4, 0.5) is 4.39 Å². The van der Waals surface area contributed by atoms with Gasteiger partial charge < -0.3 is 4.74 Å². The summed E-state index contributed by atoms with van der Waals surface area (Å²) in [5.74, 6) is 0.924. The van der Waals surface area contributed by atoms with Gasteiger partial charge in [0.15, 0.2) is 0 Å². The third-order valence-corrected chi connectivity index (χ3v) is 10.1. The zero-order chi connectivity index (χ0) is 30.9. The van der Waals surface area contributed by atoms with Crippen LogP contribution in [0.1, 0.15) is 79.3 Å². The van der Waals surface area contributed by atoms with Crippen LogP contribution in [-0.4, -0.2) is 30.9 Å². The maximum atomic E-state index is 13.3. The smallest absolute Gasteiger partial charge is 0.133 e. The molecule has 45 heavy (non-hydrogen) atoms. The van der Waals surface area contributed by atoms with Gasteiger partial charge in [0, 0.05) is 30.8 Å². The average Bonchev–Trinajstić information content (AvgIpc) is 3.05. The predicted octanol–water partition coefficient (Wildman–Crippen LogP) is 10.1. The maximum absolute atomic E-state index is 13.3. The first kappa shape index (κ1) is 34.9. The van der Waals surface area contributed by atoms with E-state index >= 15 is 0 Å². The Kier molecular flexibility index (Phi) is 12.8. The number of carbonyl (C=O) groups is 1. The summed E-state index contributed by atoms with van der Waals surface area (Å²) in [5, 5.41) is 0. The van der Waals surface area contributed by atoms with Crippen LogP contribution in [-0.2, 0) is 23.1 Å². The van der Waals surface area contributed by atoms with E-state index in [0.717, 1.165) is 61.0 Å². The standard InChI is InChI=1S/C39H43BrFNO2.ClH/c1-29-36-28-37(40)38(44-2)27-31(36)22-26-42(29)25-10-24-39(32-11-5-3-6-12-32,33-13-7-4-8-14-33)23-9-15-35(43)21-18-30-16-19-34(41)20-17-30;/h3-8,11-14,16-17,19-20,27-29H,9-10,15,18,21-26H2,1-2H3;1H. The molecule has 238 valence electrons. The second kappa shape index (κ2) is 16.5. The first-order valence-electron chi connectivity index (χ1n) is 15.9. The van der Waals surface area contributed by atoms with Crippen LogP contribution in [0.3, 0.4) is 0 Å². The molecule has 0 spiro atoms. The molecule has 4 aromatic rings. The highest BCUT2D eigenvalue weighted by Crippen LogP contribution is 2.42. The Hall–Kier alpha value is -2.99. The fourth-order valence-corrected chi connectivity index (χ4v) is 7.47. The minimum Gasteiger partial charge on any atom is -0.496 e. The van der Waals surface area contributed by atoms with Crippen molar-refractivity contribution in [3.63, 3.8) is 0 Å². The Bertz CT molecular complexity index is 1470. The Labute approximate surface area is 282 Å². The van der Waals surface area contributed by atoms with Crippen molar-refractivity contribution >= 4 is 34.1 Å². The Balaban J connectivity index is 0.00000461. The van der Waals surface area contributed by atoms with Crippen molar-refractivity contribution in [2.75, 3.05) is 20.2 Å². The van der Waals surface area contributed by atoms with Gasteiger partial charge in [0.25, 0.3) is 0 Å². The van der Waals surface area contributed by atoms with E-state index < -0.39 is 0 Å². The van der Waals surface area contributed by atoms with Gasteiger partial charge in [0.1, 0.15) is 17.3 Å². The molecule has 1 atom stereocenters. The minimum absolute atomic E-state index is 0. The molecule has 1 aliphatic heterocycles. The Morgan fingerprint density at radius 3 is 2.16 bits per heavy atom. The number of methoxy groups -OCH3 is 1. The van der Waals surface area contributed by atoms with E-state index in [4.69, 9.17) is 4.74 Å². The first-order chi connectivity index (χ1) is 21.4. The number of aryl methyl sites for hydroxylation is 1. The van der Waals surface area contributed by atoms with Gasteiger partial charge in [-0.1, -0.05) is 72.8 Å². The normalized spacial score (nSPS) is 14.8. The molecule has 1 heterocycles. The van der Waals surface area contributed by atoms with Crippen LogP contribution in [0.5, 0.6) is 5.75 Å². The second-order valence-corrected chi connectivity index (χ2v) is 12.9. The maximum Gasteiger partial charge on any atom is 0.133 e. The number of carbonyl (C=O) groups excluding carboxylic acids is 1. The van der Waals surface area contributed by atoms with Crippen molar-refractivity contribution < 1.29 is 13.9 Å². The van der Waals surface area contributed by atoms with Gasteiger partial charge in [-0.15, -0.1) is 12.4 Å². The highest BCUT2D eigenvalue weighted by Gasteiger charge is 2.34. The van der Waals surface area contributed by atoms with Crippen LogP contribution in [0.15, 0.2) is 102 Å². The lowest BCUT2D eigenvalue weighted by Gasteiger charge is -2.39. The lowest BCUT2D eigenvalue weighted by Crippen LogP contribution is -2.36. The molecular weight excluding hydrogens is 649 g/mol. The number of ketones is 1. The van der Waals surface area contributed by atoms with E-state index in [1.54, 1.807) is 19.2 Å². The van der Waals surface area contributed by atoms with Gasteiger partial charge in [0.2, 0.25) is 0 Å². The zero-order valence-corrected chi connectivity index (χ0v) is 28.7. The zero-order valence-electron chi connectivity index (χ0n) is 26.3. The number of benzene rings is 4. The molecule has 6 heteroatoms. The number of halogens is 3. The predicted molar refractivity (Wildman–Crippen MR) is 188 cm³/mol. The van der Waals surface area contributed by atoms with Crippen molar-refractivity contribution in [1.29, 1.82) is 0 Å². The third kappa shape index (κ3) is 8.64. The molecule has 3 nitrogen and oxygen atoms in total. The van der Waals surface area contributed by atoms with E-state index in [1.165, 1.54) is 34.4 Å². The highest BCUT2D eigenvalue weighted by molar-refractivity contribution is 9.10. The molecule has 0 aliphatic carbocycles. The molecule has 0 radical (unpaired) electrons. The largest absolute Gasteiger partial charge is 0.496 e. The van der Waals surface area contributed by atoms with Gasteiger partial charge in [-0.05, 0) is 120 Å².